The average Bonchev–Trinajstić information content (AvgIpc) is 2.22. The van der Waals surface area contributed by atoms with Gasteiger partial charge in [-0.15, -0.1) is 0 Å². The van der Waals surface area contributed by atoms with E-state index < -0.39 is 23.7 Å². The zero-order chi connectivity index (χ0) is 13.2. The van der Waals surface area contributed by atoms with Gasteiger partial charge in [-0.1, -0.05) is 0 Å². The molecule has 0 bridgehead atoms. The standard InChI is InChI=1S/C11H13FN2O3/c1-5-6(3-9(13)11(16)17)2-7(12)4-8(5)10(14)15/h2,4,9H,3,13H2,1H3,(H2,14,15)(H,16,17). The third-order valence-electron chi connectivity index (χ3n) is 2.50. The lowest BCUT2D eigenvalue weighted by Gasteiger charge is -2.12. The van der Waals surface area contributed by atoms with Crippen LogP contribution in [0.15, 0.2) is 12.1 Å². The first kappa shape index (κ1) is 13.1. The number of carbonyl (C=O) groups excluding carboxylic acids is 1. The predicted molar refractivity (Wildman–Crippen MR) is 59.0 cm³/mol. The number of carboxylic acids is 1. The minimum absolute atomic E-state index is 0.0394. The normalized spacial score (nSPS) is 12.2. The zero-order valence-electron chi connectivity index (χ0n) is 9.24. The van der Waals surface area contributed by atoms with Crippen LogP contribution in [0, 0.1) is 12.7 Å². The number of aliphatic carboxylic acids is 1. The highest BCUT2D eigenvalue weighted by Crippen LogP contribution is 2.17. The van der Waals surface area contributed by atoms with Gasteiger partial charge in [0.2, 0.25) is 5.91 Å². The molecule has 0 aromatic heterocycles. The van der Waals surface area contributed by atoms with Crippen molar-refractivity contribution in [3.05, 3.63) is 34.6 Å². The Labute approximate surface area is 97.2 Å². The summed E-state index contributed by atoms with van der Waals surface area (Å²) in [5.74, 6) is -2.58. The Morgan fingerprint density at radius 1 is 1.47 bits per heavy atom. The predicted octanol–water partition coefficient (Wildman–Crippen LogP) is 0.187. The third-order valence-corrected chi connectivity index (χ3v) is 2.50. The minimum Gasteiger partial charge on any atom is -0.480 e. The fourth-order valence-electron chi connectivity index (χ4n) is 1.53. The molecule has 0 aliphatic rings. The maximum atomic E-state index is 13.2. The van der Waals surface area contributed by atoms with Crippen molar-refractivity contribution in [1.82, 2.24) is 0 Å². The van der Waals surface area contributed by atoms with Crippen molar-refractivity contribution in [1.29, 1.82) is 0 Å². The molecule has 0 spiro atoms. The van der Waals surface area contributed by atoms with E-state index in [-0.39, 0.29) is 12.0 Å². The summed E-state index contributed by atoms with van der Waals surface area (Å²) >= 11 is 0. The van der Waals surface area contributed by atoms with E-state index in [9.17, 15) is 14.0 Å². The molecule has 0 fully saturated rings. The molecule has 17 heavy (non-hydrogen) atoms. The SMILES string of the molecule is Cc1c(CC(N)C(=O)O)cc(F)cc1C(N)=O. The molecular weight excluding hydrogens is 227 g/mol. The van der Waals surface area contributed by atoms with E-state index in [1.807, 2.05) is 0 Å². The van der Waals surface area contributed by atoms with Crippen LogP contribution in [0.5, 0.6) is 0 Å². The molecule has 0 heterocycles. The first-order chi connectivity index (χ1) is 7.82. The van der Waals surface area contributed by atoms with Crippen molar-refractivity contribution in [2.45, 2.75) is 19.4 Å². The molecule has 1 unspecified atom stereocenters. The van der Waals surface area contributed by atoms with Crippen molar-refractivity contribution in [2.75, 3.05) is 0 Å². The summed E-state index contributed by atoms with van der Waals surface area (Å²) < 4.78 is 13.2. The molecule has 1 aromatic rings. The third kappa shape index (κ3) is 3.01. The molecule has 0 radical (unpaired) electrons. The average molecular weight is 240 g/mol. The van der Waals surface area contributed by atoms with Gasteiger partial charge in [-0.25, -0.2) is 4.39 Å². The van der Waals surface area contributed by atoms with Crippen LogP contribution in [0.1, 0.15) is 21.5 Å². The Bertz CT molecular complexity index is 474. The van der Waals surface area contributed by atoms with Crippen molar-refractivity contribution in [3.8, 4) is 0 Å². The van der Waals surface area contributed by atoms with Gasteiger partial charge in [0.15, 0.2) is 0 Å². The number of carboxylic acid groups (broad SMARTS) is 1. The smallest absolute Gasteiger partial charge is 0.320 e. The van der Waals surface area contributed by atoms with Crippen LogP contribution in [-0.2, 0) is 11.2 Å². The number of benzene rings is 1. The molecular formula is C11H13FN2O3. The van der Waals surface area contributed by atoms with Gasteiger partial charge in [-0.05, 0) is 36.6 Å². The monoisotopic (exact) mass is 240 g/mol. The Hall–Kier alpha value is -1.95. The van der Waals surface area contributed by atoms with Crippen LogP contribution in [0.4, 0.5) is 4.39 Å². The lowest BCUT2D eigenvalue weighted by molar-refractivity contribution is -0.138. The maximum Gasteiger partial charge on any atom is 0.320 e. The lowest BCUT2D eigenvalue weighted by Crippen LogP contribution is -2.32. The van der Waals surface area contributed by atoms with Gasteiger partial charge in [0.05, 0.1) is 0 Å². The van der Waals surface area contributed by atoms with Crippen LogP contribution >= 0.6 is 0 Å². The van der Waals surface area contributed by atoms with Gasteiger partial charge in [0.25, 0.3) is 0 Å². The number of amides is 1. The molecule has 0 aliphatic carbocycles. The van der Waals surface area contributed by atoms with E-state index in [1.54, 1.807) is 6.92 Å². The second-order valence-corrected chi connectivity index (χ2v) is 3.75. The van der Waals surface area contributed by atoms with E-state index in [0.717, 1.165) is 12.1 Å². The quantitative estimate of drug-likeness (QED) is 0.698. The van der Waals surface area contributed by atoms with Crippen molar-refractivity contribution in [3.63, 3.8) is 0 Å². The number of hydrogen-bond acceptors (Lipinski definition) is 3. The van der Waals surface area contributed by atoms with Crippen molar-refractivity contribution < 1.29 is 19.1 Å². The van der Waals surface area contributed by atoms with Crippen molar-refractivity contribution >= 4 is 11.9 Å². The van der Waals surface area contributed by atoms with Gasteiger partial charge in [-0.2, -0.15) is 0 Å². The second kappa shape index (κ2) is 4.92. The summed E-state index contributed by atoms with van der Waals surface area (Å²) in [4.78, 5) is 21.7. The number of hydrogen-bond donors (Lipinski definition) is 3. The number of rotatable bonds is 4. The Morgan fingerprint density at radius 3 is 2.53 bits per heavy atom. The van der Waals surface area contributed by atoms with Gasteiger partial charge >= 0.3 is 5.97 Å². The highest BCUT2D eigenvalue weighted by Gasteiger charge is 2.17. The molecule has 0 saturated carbocycles. The van der Waals surface area contributed by atoms with Crippen molar-refractivity contribution in [2.24, 2.45) is 11.5 Å². The van der Waals surface area contributed by atoms with E-state index in [2.05, 4.69) is 0 Å². The summed E-state index contributed by atoms with van der Waals surface area (Å²) in [7, 11) is 0. The van der Waals surface area contributed by atoms with Gasteiger partial charge in [0.1, 0.15) is 11.9 Å². The fraction of sp³-hybridized carbons (Fsp3) is 0.273. The zero-order valence-corrected chi connectivity index (χ0v) is 9.24. The summed E-state index contributed by atoms with van der Waals surface area (Å²) in [6, 6.07) is 1.04. The van der Waals surface area contributed by atoms with Gasteiger partial charge < -0.3 is 16.6 Å². The molecule has 5 nitrogen and oxygen atoms in total. The Morgan fingerprint density at radius 2 is 2.06 bits per heavy atom. The lowest BCUT2D eigenvalue weighted by atomic mass is 9.96. The summed E-state index contributed by atoms with van der Waals surface area (Å²) in [5.41, 5.74) is 11.3. The highest BCUT2D eigenvalue weighted by atomic mass is 19.1. The molecule has 0 aliphatic heterocycles. The second-order valence-electron chi connectivity index (χ2n) is 3.75. The maximum absolute atomic E-state index is 13.2. The topological polar surface area (TPSA) is 106 Å². The molecule has 1 amide bonds. The summed E-state index contributed by atoms with van der Waals surface area (Å²) in [5, 5.41) is 8.67. The molecule has 6 heteroatoms. The molecule has 5 N–H and O–H groups in total. The fourth-order valence-corrected chi connectivity index (χ4v) is 1.53. The number of primary amides is 1. The van der Waals surface area contributed by atoms with Crippen LogP contribution in [0.3, 0.4) is 0 Å². The van der Waals surface area contributed by atoms with Crippen LogP contribution in [0.2, 0.25) is 0 Å². The number of carbonyl (C=O) groups is 2. The van der Waals surface area contributed by atoms with E-state index >= 15 is 0 Å². The molecule has 0 saturated heterocycles. The van der Waals surface area contributed by atoms with E-state index in [4.69, 9.17) is 16.6 Å². The van der Waals surface area contributed by atoms with Gasteiger partial charge in [0, 0.05) is 5.56 Å². The minimum atomic E-state index is -1.19. The van der Waals surface area contributed by atoms with Crippen LogP contribution in [0.25, 0.3) is 0 Å². The van der Waals surface area contributed by atoms with E-state index in [0.29, 0.717) is 11.1 Å². The van der Waals surface area contributed by atoms with E-state index in [1.165, 1.54) is 0 Å². The summed E-state index contributed by atoms with van der Waals surface area (Å²) in [6.45, 7) is 1.57. The molecule has 1 rings (SSSR count). The summed E-state index contributed by atoms with van der Waals surface area (Å²) in [6.07, 6.45) is -0.0563. The van der Waals surface area contributed by atoms with Gasteiger partial charge in [-0.3, -0.25) is 9.59 Å². The van der Waals surface area contributed by atoms with Crippen LogP contribution < -0.4 is 11.5 Å². The molecule has 1 atom stereocenters. The molecule has 92 valence electrons. The first-order valence-corrected chi connectivity index (χ1v) is 4.90. The Balaban J connectivity index is 3.16. The number of halogens is 1. The largest absolute Gasteiger partial charge is 0.480 e. The van der Waals surface area contributed by atoms with Crippen LogP contribution in [-0.4, -0.2) is 23.0 Å². The first-order valence-electron chi connectivity index (χ1n) is 4.90. The number of nitrogens with two attached hydrogens (primary N) is 2. The Kier molecular flexibility index (Phi) is 3.80. The molecule has 1 aromatic carbocycles. The highest BCUT2D eigenvalue weighted by molar-refractivity contribution is 5.94.